The highest BCUT2D eigenvalue weighted by Gasteiger charge is 2.28. The Kier molecular flexibility index (Phi) is 2.24. The standard InChI is InChI=1S/C8H12O2S/c1-3-8-4-5-11(9,10)6-7(8)2/h1,7-8H,4-6H2,2H3. The van der Waals surface area contributed by atoms with Crippen molar-refractivity contribution in [3.63, 3.8) is 0 Å². The molecule has 1 rings (SSSR count). The lowest BCUT2D eigenvalue weighted by atomic mass is 9.94. The summed E-state index contributed by atoms with van der Waals surface area (Å²) in [5.74, 6) is 3.47. The van der Waals surface area contributed by atoms with Crippen LogP contribution in [0.25, 0.3) is 0 Å². The molecule has 11 heavy (non-hydrogen) atoms. The van der Waals surface area contributed by atoms with Gasteiger partial charge in [0.2, 0.25) is 0 Å². The molecule has 1 heterocycles. The van der Waals surface area contributed by atoms with Crippen molar-refractivity contribution >= 4 is 9.84 Å². The first-order valence-electron chi connectivity index (χ1n) is 3.72. The third kappa shape index (κ3) is 1.97. The van der Waals surface area contributed by atoms with Crippen molar-refractivity contribution in [1.29, 1.82) is 0 Å². The topological polar surface area (TPSA) is 34.1 Å². The minimum Gasteiger partial charge on any atom is -0.229 e. The highest BCUT2D eigenvalue weighted by molar-refractivity contribution is 7.91. The molecule has 0 aliphatic carbocycles. The fourth-order valence-electron chi connectivity index (χ4n) is 1.44. The first kappa shape index (κ1) is 8.61. The predicted octanol–water partition coefficient (Wildman–Crippen LogP) is 0.690. The summed E-state index contributed by atoms with van der Waals surface area (Å²) in [4.78, 5) is 0. The van der Waals surface area contributed by atoms with Gasteiger partial charge in [-0.15, -0.1) is 12.3 Å². The van der Waals surface area contributed by atoms with E-state index in [1.54, 1.807) is 0 Å². The number of hydrogen-bond donors (Lipinski definition) is 0. The SMILES string of the molecule is C#CC1CCS(=O)(=O)CC1C. The molecule has 2 nitrogen and oxygen atoms in total. The van der Waals surface area contributed by atoms with Gasteiger partial charge in [-0.3, -0.25) is 0 Å². The lowest BCUT2D eigenvalue weighted by Crippen LogP contribution is -2.30. The minimum absolute atomic E-state index is 0.138. The molecule has 1 aliphatic heterocycles. The van der Waals surface area contributed by atoms with Crippen molar-refractivity contribution in [3.05, 3.63) is 0 Å². The summed E-state index contributed by atoms with van der Waals surface area (Å²) in [5, 5.41) is 0. The van der Waals surface area contributed by atoms with Gasteiger partial charge >= 0.3 is 0 Å². The lowest BCUT2D eigenvalue weighted by molar-refractivity contribution is 0.440. The zero-order valence-electron chi connectivity index (χ0n) is 6.58. The van der Waals surface area contributed by atoms with Crippen LogP contribution in [0.4, 0.5) is 0 Å². The Morgan fingerprint density at radius 3 is 2.64 bits per heavy atom. The molecule has 0 aromatic rings. The average molecular weight is 172 g/mol. The van der Waals surface area contributed by atoms with E-state index in [0.717, 1.165) is 0 Å². The first-order chi connectivity index (χ1) is 5.05. The van der Waals surface area contributed by atoms with Crippen molar-refractivity contribution in [1.82, 2.24) is 0 Å². The second kappa shape index (κ2) is 2.86. The molecule has 0 N–H and O–H groups in total. The molecule has 0 radical (unpaired) electrons. The van der Waals surface area contributed by atoms with Gasteiger partial charge in [-0.05, 0) is 12.3 Å². The molecule has 0 saturated carbocycles. The van der Waals surface area contributed by atoms with Crippen molar-refractivity contribution in [3.8, 4) is 12.3 Å². The van der Waals surface area contributed by atoms with Crippen molar-refractivity contribution in [2.45, 2.75) is 13.3 Å². The van der Waals surface area contributed by atoms with E-state index in [1.165, 1.54) is 0 Å². The van der Waals surface area contributed by atoms with Gasteiger partial charge in [0.25, 0.3) is 0 Å². The molecular formula is C8H12O2S. The summed E-state index contributed by atoms with van der Waals surface area (Å²) < 4.78 is 22.1. The summed E-state index contributed by atoms with van der Waals surface area (Å²) in [7, 11) is -2.77. The maximum atomic E-state index is 11.1. The van der Waals surface area contributed by atoms with Crippen molar-refractivity contribution < 1.29 is 8.42 Å². The Bertz CT molecular complexity index is 271. The molecule has 1 aliphatic rings. The van der Waals surface area contributed by atoms with Gasteiger partial charge in [-0.2, -0.15) is 0 Å². The number of sulfone groups is 1. The van der Waals surface area contributed by atoms with E-state index in [2.05, 4.69) is 5.92 Å². The van der Waals surface area contributed by atoms with E-state index in [1.807, 2.05) is 6.92 Å². The zero-order chi connectivity index (χ0) is 8.48. The maximum absolute atomic E-state index is 11.1. The van der Waals surface area contributed by atoms with E-state index in [-0.39, 0.29) is 23.3 Å². The number of hydrogen-bond acceptors (Lipinski definition) is 2. The Morgan fingerprint density at radius 1 is 1.55 bits per heavy atom. The van der Waals surface area contributed by atoms with E-state index in [9.17, 15) is 8.42 Å². The molecule has 0 spiro atoms. The van der Waals surface area contributed by atoms with E-state index >= 15 is 0 Å². The predicted molar refractivity (Wildman–Crippen MR) is 44.8 cm³/mol. The summed E-state index contributed by atoms with van der Waals surface area (Å²) in [6, 6.07) is 0. The monoisotopic (exact) mass is 172 g/mol. The van der Waals surface area contributed by atoms with Gasteiger partial charge in [0.05, 0.1) is 11.5 Å². The van der Waals surface area contributed by atoms with E-state index in [4.69, 9.17) is 6.42 Å². The normalized spacial score (nSPS) is 36.0. The van der Waals surface area contributed by atoms with E-state index in [0.29, 0.717) is 6.42 Å². The Morgan fingerprint density at radius 2 is 2.18 bits per heavy atom. The van der Waals surface area contributed by atoms with Gasteiger partial charge in [0.15, 0.2) is 9.84 Å². The van der Waals surface area contributed by atoms with Gasteiger partial charge in [0.1, 0.15) is 0 Å². The van der Waals surface area contributed by atoms with Crippen LogP contribution in [0, 0.1) is 24.2 Å². The highest BCUT2D eigenvalue weighted by atomic mass is 32.2. The van der Waals surface area contributed by atoms with Crippen LogP contribution in [0.3, 0.4) is 0 Å². The van der Waals surface area contributed by atoms with Crippen LogP contribution in [0.5, 0.6) is 0 Å². The summed E-state index contributed by atoms with van der Waals surface area (Å²) in [5.41, 5.74) is 0. The summed E-state index contributed by atoms with van der Waals surface area (Å²) in [6.07, 6.45) is 5.88. The zero-order valence-corrected chi connectivity index (χ0v) is 7.39. The molecule has 1 fully saturated rings. The van der Waals surface area contributed by atoms with Gasteiger partial charge < -0.3 is 0 Å². The largest absolute Gasteiger partial charge is 0.229 e. The average Bonchev–Trinajstić information content (AvgIpc) is 1.86. The Hall–Kier alpha value is -0.490. The van der Waals surface area contributed by atoms with Crippen LogP contribution in [-0.4, -0.2) is 19.9 Å². The second-order valence-corrected chi connectivity index (χ2v) is 5.38. The Balaban J connectivity index is 2.71. The highest BCUT2D eigenvalue weighted by Crippen LogP contribution is 2.23. The summed E-state index contributed by atoms with van der Waals surface area (Å²) >= 11 is 0. The van der Waals surface area contributed by atoms with Crippen molar-refractivity contribution in [2.24, 2.45) is 11.8 Å². The first-order valence-corrected chi connectivity index (χ1v) is 5.54. The fourth-order valence-corrected chi connectivity index (χ4v) is 3.25. The quantitative estimate of drug-likeness (QED) is 0.504. The third-order valence-electron chi connectivity index (χ3n) is 2.16. The van der Waals surface area contributed by atoms with Crippen LogP contribution in [-0.2, 0) is 9.84 Å². The number of terminal acetylenes is 1. The van der Waals surface area contributed by atoms with Gasteiger partial charge in [-0.25, -0.2) is 8.42 Å². The summed E-state index contributed by atoms with van der Waals surface area (Å²) in [6.45, 7) is 1.90. The smallest absolute Gasteiger partial charge is 0.150 e. The lowest BCUT2D eigenvalue weighted by Gasteiger charge is -2.23. The Labute approximate surface area is 67.9 Å². The molecule has 3 heteroatoms. The number of rotatable bonds is 0. The van der Waals surface area contributed by atoms with Crippen molar-refractivity contribution in [2.75, 3.05) is 11.5 Å². The molecule has 2 unspecified atom stereocenters. The van der Waals surface area contributed by atoms with Gasteiger partial charge in [0, 0.05) is 5.92 Å². The molecule has 1 saturated heterocycles. The molecule has 0 amide bonds. The molecule has 0 bridgehead atoms. The molecule has 0 aromatic heterocycles. The van der Waals surface area contributed by atoms with E-state index < -0.39 is 9.84 Å². The van der Waals surface area contributed by atoms with Crippen LogP contribution in [0.15, 0.2) is 0 Å². The third-order valence-corrected chi connectivity index (χ3v) is 4.05. The van der Waals surface area contributed by atoms with Gasteiger partial charge in [-0.1, -0.05) is 6.92 Å². The second-order valence-electron chi connectivity index (χ2n) is 3.15. The molecular weight excluding hydrogens is 160 g/mol. The van der Waals surface area contributed by atoms with Crippen LogP contribution >= 0.6 is 0 Å². The van der Waals surface area contributed by atoms with Crippen LogP contribution in [0.2, 0.25) is 0 Å². The molecule has 62 valence electrons. The van der Waals surface area contributed by atoms with Crippen LogP contribution < -0.4 is 0 Å². The maximum Gasteiger partial charge on any atom is 0.150 e. The molecule has 0 aromatic carbocycles. The molecule has 2 atom stereocenters. The van der Waals surface area contributed by atoms with Crippen LogP contribution in [0.1, 0.15) is 13.3 Å². The minimum atomic E-state index is -2.77. The fraction of sp³-hybridized carbons (Fsp3) is 0.750.